The highest BCUT2D eigenvalue weighted by Crippen LogP contribution is 2.54. The molecule has 1 unspecified atom stereocenters. The lowest BCUT2D eigenvalue weighted by Gasteiger charge is -2.53. The van der Waals surface area contributed by atoms with Crippen LogP contribution >= 0.6 is 0 Å². The number of primary amides is 1. The summed E-state index contributed by atoms with van der Waals surface area (Å²) >= 11 is 0. The van der Waals surface area contributed by atoms with Crippen molar-refractivity contribution in [2.24, 2.45) is 29.4 Å². The highest BCUT2D eigenvalue weighted by atomic mass is 16.6. The first kappa shape index (κ1) is 33.5. The maximum atomic E-state index is 14.0. The summed E-state index contributed by atoms with van der Waals surface area (Å²) in [5.41, 5.74) is 7.62. The standard InChI is InChI=1S/C37H47N5O6/c1-37(19-28-21-40-30-9-5-4-8-29(28)30,42-36(47)48-33-26-15-22-14-23(17-26)18-27(33)16-22)35(46)39-13-12-24-6-2-3-7-25(24)20-41-31(34(44)45)10-11-32(38)43/h2-9,21-23,26-27,31,33,40-41H,10-20H2,1H3,(H2,38,43)(H,39,46)(H,42,47)(H,44,45)/t22?,23?,26?,27?,31-,33?,37?/m0/s1. The van der Waals surface area contributed by atoms with Gasteiger partial charge in [-0.1, -0.05) is 42.5 Å². The number of carboxylic acids is 1. The van der Waals surface area contributed by atoms with E-state index in [0.29, 0.717) is 24.8 Å². The molecule has 11 nitrogen and oxygen atoms in total. The zero-order valence-corrected chi connectivity index (χ0v) is 27.5. The lowest BCUT2D eigenvalue weighted by molar-refractivity contribution is -0.139. The summed E-state index contributed by atoms with van der Waals surface area (Å²) in [6, 6.07) is 14.6. The van der Waals surface area contributed by atoms with E-state index in [1.165, 1.54) is 6.42 Å². The summed E-state index contributed by atoms with van der Waals surface area (Å²) in [4.78, 5) is 53.7. The molecule has 7 rings (SSSR count). The van der Waals surface area contributed by atoms with Gasteiger partial charge in [-0.25, -0.2) is 4.79 Å². The van der Waals surface area contributed by atoms with Crippen molar-refractivity contribution in [2.75, 3.05) is 6.54 Å². The van der Waals surface area contributed by atoms with Crippen LogP contribution in [0.4, 0.5) is 4.79 Å². The number of alkyl carbamates (subject to hydrolysis) is 1. The number of nitrogens with one attached hydrogen (secondary N) is 4. The third-order valence-corrected chi connectivity index (χ3v) is 10.8. The van der Waals surface area contributed by atoms with Crippen LogP contribution in [0.3, 0.4) is 0 Å². The molecule has 1 aromatic heterocycles. The smallest absolute Gasteiger partial charge is 0.408 e. The van der Waals surface area contributed by atoms with Gasteiger partial charge in [0.05, 0.1) is 0 Å². The Morgan fingerprint density at radius 3 is 2.31 bits per heavy atom. The van der Waals surface area contributed by atoms with Crippen LogP contribution in [0.1, 0.15) is 68.6 Å². The quantitative estimate of drug-likeness (QED) is 0.142. The van der Waals surface area contributed by atoms with Crippen LogP contribution in [0.15, 0.2) is 54.7 Å². The molecule has 48 heavy (non-hydrogen) atoms. The molecule has 4 bridgehead atoms. The summed E-state index contributed by atoms with van der Waals surface area (Å²) in [7, 11) is 0. The number of H-pyrrole nitrogens is 1. The first-order valence-corrected chi connectivity index (χ1v) is 17.2. The number of amides is 3. The number of nitrogens with two attached hydrogens (primary N) is 1. The van der Waals surface area contributed by atoms with Crippen LogP contribution in [0.25, 0.3) is 10.9 Å². The molecule has 0 radical (unpaired) electrons. The first-order valence-electron chi connectivity index (χ1n) is 17.2. The van der Waals surface area contributed by atoms with E-state index in [0.717, 1.165) is 65.1 Å². The highest BCUT2D eigenvalue weighted by Gasteiger charge is 2.50. The molecule has 1 heterocycles. The average molecular weight is 658 g/mol. The molecular weight excluding hydrogens is 610 g/mol. The molecule has 0 aliphatic heterocycles. The Morgan fingerprint density at radius 2 is 1.62 bits per heavy atom. The number of carbonyl (C=O) groups excluding carboxylic acids is 3. The first-order chi connectivity index (χ1) is 23.1. The molecule has 2 aromatic carbocycles. The Kier molecular flexibility index (Phi) is 10.1. The second-order valence-corrected chi connectivity index (χ2v) is 14.3. The molecule has 0 saturated heterocycles. The maximum Gasteiger partial charge on any atom is 0.408 e. The SMILES string of the molecule is CC(Cc1c[nH]c2ccccc12)(NC(=O)OC1C2CC3CC(C2)CC1C3)C(=O)NCCc1ccccc1CN[C@@H](CCC(N)=O)C(=O)O. The second-order valence-electron chi connectivity index (χ2n) is 14.3. The lowest BCUT2D eigenvalue weighted by Crippen LogP contribution is -2.60. The van der Waals surface area contributed by atoms with E-state index in [4.69, 9.17) is 10.5 Å². The fourth-order valence-corrected chi connectivity index (χ4v) is 8.60. The van der Waals surface area contributed by atoms with Gasteiger partial charge < -0.3 is 36.5 Å². The zero-order valence-electron chi connectivity index (χ0n) is 27.5. The number of rotatable bonds is 15. The topological polar surface area (TPSA) is 176 Å². The summed E-state index contributed by atoms with van der Waals surface area (Å²) in [5, 5.41) is 19.6. The monoisotopic (exact) mass is 657 g/mol. The molecule has 4 aliphatic rings. The van der Waals surface area contributed by atoms with E-state index in [1.54, 1.807) is 6.92 Å². The molecule has 256 valence electrons. The maximum absolute atomic E-state index is 14.0. The van der Waals surface area contributed by atoms with Crippen LogP contribution in [-0.2, 0) is 38.5 Å². The van der Waals surface area contributed by atoms with Crippen LogP contribution in [-0.4, -0.2) is 58.2 Å². The zero-order chi connectivity index (χ0) is 33.8. The number of aromatic amines is 1. The van der Waals surface area contributed by atoms with Gasteiger partial charge in [-0.05, 0) is 98.3 Å². The number of carboxylic acid groups (broad SMARTS) is 1. The number of benzene rings is 2. The minimum atomic E-state index is -1.29. The molecule has 7 N–H and O–H groups in total. The molecule has 4 saturated carbocycles. The van der Waals surface area contributed by atoms with E-state index in [9.17, 15) is 24.3 Å². The van der Waals surface area contributed by atoms with Gasteiger partial charge in [0.2, 0.25) is 11.8 Å². The van der Waals surface area contributed by atoms with Gasteiger partial charge >= 0.3 is 12.1 Å². The number of ether oxygens (including phenoxy) is 1. The number of para-hydroxylation sites is 1. The van der Waals surface area contributed by atoms with E-state index in [1.807, 2.05) is 54.7 Å². The minimum absolute atomic E-state index is 0.0285. The van der Waals surface area contributed by atoms with Gasteiger partial charge in [-0.15, -0.1) is 0 Å². The van der Waals surface area contributed by atoms with Crippen LogP contribution in [0.2, 0.25) is 0 Å². The minimum Gasteiger partial charge on any atom is -0.480 e. The second kappa shape index (κ2) is 14.4. The molecule has 11 heteroatoms. The Labute approximate surface area is 280 Å². The average Bonchev–Trinajstić information content (AvgIpc) is 3.44. The van der Waals surface area contributed by atoms with Gasteiger partial charge in [0, 0.05) is 43.0 Å². The Morgan fingerprint density at radius 1 is 0.958 bits per heavy atom. The predicted molar refractivity (Wildman–Crippen MR) is 181 cm³/mol. The van der Waals surface area contributed by atoms with Crippen molar-refractivity contribution in [1.82, 2.24) is 20.9 Å². The fourth-order valence-electron chi connectivity index (χ4n) is 8.60. The normalized spacial score (nSPS) is 24.5. The summed E-state index contributed by atoms with van der Waals surface area (Å²) in [5.74, 6) is 0.414. The van der Waals surface area contributed by atoms with E-state index in [-0.39, 0.29) is 37.8 Å². The molecule has 2 atom stereocenters. The molecular formula is C37H47N5O6. The lowest BCUT2D eigenvalue weighted by atomic mass is 9.55. The number of hydrogen-bond donors (Lipinski definition) is 6. The number of aromatic nitrogens is 1. The largest absolute Gasteiger partial charge is 0.480 e. The fraction of sp³-hybridized carbons (Fsp3) is 0.514. The highest BCUT2D eigenvalue weighted by molar-refractivity contribution is 5.91. The number of fused-ring (bicyclic) bond motifs is 1. The van der Waals surface area contributed by atoms with Crippen molar-refractivity contribution in [1.29, 1.82) is 0 Å². The summed E-state index contributed by atoms with van der Waals surface area (Å²) < 4.78 is 6.15. The van der Waals surface area contributed by atoms with E-state index in [2.05, 4.69) is 20.9 Å². The molecule has 0 spiro atoms. The number of carbonyl (C=O) groups is 4. The van der Waals surface area contributed by atoms with Crippen LogP contribution in [0.5, 0.6) is 0 Å². The van der Waals surface area contributed by atoms with Crippen LogP contribution < -0.4 is 21.7 Å². The third-order valence-electron chi connectivity index (χ3n) is 10.8. The Bertz CT molecular complexity index is 1630. The predicted octanol–water partition coefficient (Wildman–Crippen LogP) is 4.19. The van der Waals surface area contributed by atoms with Gasteiger partial charge in [0.25, 0.3) is 0 Å². The molecule has 4 aliphatic carbocycles. The van der Waals surface area contributed by atoms with Crippen molar-refractivity contribution in [2.45, 2.75) is 88.9 Å². The third kappa shape index (κ3) is 7.67. The van der Waals surface area contributed by atoms with Crippen molar-refractivity contribution in [3.63, 3.8) is 0 Å². The summed E-state index contributed by atoms with van der Waals surface area (Å²) in [6.07, 6.45) is 7.87. The van der Waals surface area contributed by atoms with Gasteiger partial charge in [-0.3, -0.25) is 14.4 Å². The van der Waals surface area contributed by atoms with Crippen molar-refractivity contribution >= 4 is 34.8 Å². The van der Waals surface area contributed by atoms with Crippen molar-refractivity contribution in [3.05, 3.63) is 71.4 Å². The van der Waals surface area contributed by atoms with Crippen molar-refractivity contribution in [3.8, 4) is 0 Å². The van der Waals surface area contributed by atoms with E-state index < -0.39 is 29.6 Å². The van der Waals surface area contributed by atoms with Crippen LogP contribution in [0, 0.1) is 23.7 Å². The molecule has 4 fully saturated rings. The number of aliphatic carboxylic acids is 1. The van der Waals surface area contributed by atoms with Gasteiger partial charge in [0.1, 0.15) is 17.7 Å². The van der Waals surface area contributed by atoms with Gasteiger partial charge in [-0.2, -0.15) is 0 Å². The molecule has 3 amide bonds. The summed E-state index contributed by atoms with van der Waals surface area (Å²) in [6.45, 7) is 2.32. The Balaban J connectivity index is 1.12. The number of hydrogen-bond acceptors (Lipinski definition) is 6. The Hall–Kier alpha value is -4.38. The van der Waals surface area contributed by atoms with Crippen molar-refractivity contribution < 1.29 is 29.0 Å². The van der Waals surface area contributed by atoms with Gasteiger partial charge in [0.15, 0.2) is 0 Å². The molecule has 3 aromatic rings. The van der Waals surface area contributed by atoms with E-state index >= 15 is 0 Å².